The molecule has 1 amide bonds. The van der Waals surface area contributed by atoms with E-state index in [0.29, 0.717) is 16.3 Å². The number of aliphatic hydroxyl groups excluding tert-OH is 1. The highest BCUT2D eigenvalue weighted by atomic mass is 35.5. The first-order chi connectivity index (χ1) is 8.58. The maximum Gasteiger partial charge on any atom is 0.273 e. The Hall–Kier alpha value is -1.24. The lowest BCUT2D eigenvalue weighted by Gasteiger charge is -2.20. The zero-order chi connectivity index (χ0) is 13.1. The summed E-state index contributed by atoms with van der Waals surface area (Å²) in [7, 11) is 0. The van der Waals surface area contributed by atoms with Crippen molar-refractivity contribution < 1.29 is 14.3 Å². The molecule has 2 rings (SSSR count). The molecular formula is C11H10ClFN2O2S. The van der Waals surface area contributed by atoms with Crippen LogP contribution in [-0.2, 0) is 10.5 Å². The maximum absolute atomic E-state index is 13.6. The second-order valence-corrected chi connectivity index (χ2v) is 4.99. The summed E-state index contributed by atoms with van der Waals surface area (Å²) >= 11 is 6.92. The van der Waals surface area contributed by atoms with E-state index in [2.05, 4.69) is 10.6 Å². The van der Waals surface area contributed by atoms with Gasteiger partial charge in [0.05, 0.1) is 10.1 Å². The minimum absolute atomic E-state index is 0.0759. The fourth-order valence-corrected chi connectivity index (χ4v) is 2.42. The Bertz CT molecular complexity index is 510. The second-order valence-electron chi connectivity index (χ2n) is 3.57. The largest absolute Gasteiger partial charge is 0.366 e. The molecule has 1 heterocycles. The molecule has 7 heteroatoms. The van der Waals surface area contributed by atoms with Gasteiger partial charge in [0.25, 0.3) is 5.91 Å². The van der Waals surface area contributed by atoms with Crippen LogP contribution in [-0.4, -0.2) is 17.2 Å². The minimum Gasteiger partial charge on any atom is -0.366 e. The highest BCUT2D eigenvalue weighted by Gasteiger charge is 2.19. The molecule has 4 nitrogen and oxygen atoms in total. The van der Waals surface area contributed by atoms with Gasteiger partial charge in [0.2, 0.25) is 6.23 Å². The van der Waals surface area contributed by atoms with Gasteiger partial charge >= 0.3 is 0 Å². The molecule has 1 aromatic rings. The van der Waals surface area contributed by atoms with Crippen LogP contribution in [0.2, 0.25) is 5.02 Å². The molecule has 1 atom stereocenters. The molecule has 0 saturated heterocycles. The average Bonchev–Trinajstić information content (AvgIpc) is 2.35. The van der Waals surface area contributed by atoms with E-state index in [0.717, 1.165) is 0 Å². The van der Waals surface area contributed by atoms with Gasteiger partial charge in [-0.3, -0.25) is 4.79 Å². The summed E-state index contributed by atoms with van der Waals surface area (Å²) in [6.45, 7) is 0. The van der Waals surface area contributed by atoms with Gasteiger partial charge in [0, 0.05) is 12.0 Å². The number of amides is 1. The van der Waals surface area contributed by atoms with Gasteiger partial charge in [-0.2, -0.15) is 0 Å². The zero-order valence-corrected chi connectivity index (χ0v) is 10.7. The fraction of sp³-hybridized carbons (Fsp3) is 0.182. The number of halogens is 2. The molecule has 0 spiro atoms. The molecule has 3 N–H and O–H groups in total. The van der Waals surface area contributed by atoms with E-state index in [9.17, 15) is 14.3 Å². The van der Waals surface area contributed by atoms with Gasteiger partial charge in [-0.05, 0) is 11.6 Å². The number of hydrogen-bond donors (Lipinski definition) is 3. The Morgan fingerprint density at radius 2 is 2.28 bits per heavy atom. The van der Waals surface area contributed by atoms with Crippen LogP contribution in [0.25, 0.3) is 0 Å². The van der Waals surface area contributed by atoms with Crippen molar-refractivity contribution in [1.29, 1.82) is 0 Å². The molecule has 1 aliphatic rings. The van der Waals surface area contributed by atoms with Crippen molar-refractivity contribution >= 4 is 29.3 Å². The first kappa shape index (κ1) is 13.2. The third kappa shape index (κ3) is 2.95. The van der Waals surface area contributed by atoms with Crippen molar-refractivity contribution in [3.63, 3.8) is 0 Å². The number of aliphatic hydroxyl groups is 1. The Morgan fingerprint density at radius 3 is 3.00 bits per heavy atom. The van der Waals surface area contributed by atoms with E-state index in [-0.39, 0.29) is 5.02 Å². The number of benzene rings is 1. The van der Waals surface area contributed by atoms with Crippen LogP contribution in [0.15, 0.2) is 29.4 Å². The van der Waals surface area contributed by atoms with Crippen LogP contribution in [0.4, 0.5) is 4.39 Å². The molecule has 0 bridgehead atoms. The van der Waals surface area contributed by atoms with Gasteiger partial charge in [0.15, 0.2) is 0 Å². The first-order valence-electron chi connectivity index (χ1n) is 5.09. The van der Waals surface area contributed by atoms with Crippen LogP contribution >= 0.6 is 23.4 Å². The molecule has 0 aromatic heterocycles. The molecular weight excluding hydrogens is 279 g/mol. The zero-order valence-electron chi connectivity index (χ0n) is 9.11. The molecule has 18 heavy (non-hydrogen) atoms. The van der Waals surface area contributed by atoms with Crippen LogP contribution in [0.1, 0.15) is 5.56 Å². The van der Waals surface area contributed by atoms with Gasteiger partial charge in [0.1, 0.15) is 5.82 Å². The Morgan fingerprint density at radius 1 is 1.50 bits per heavy atom. The Balaban J connectivity index is 2.00. The van der Waals surface area contributed by atoms with Crippen LogP contribution < -0.4 is 10.6 Å². The number of carbonyl (C=O) groups excluding carboxylic acids is 1. The summed E-state index contributed by atoms with van der Waals surface area (Å²) < 4.78 is 13.6. The number of carbonyl (C=O) groups is 1. The van der Waals surface area contributed by atoms with E-state index in [4.69, 9.17) is 11.6 Å². The summed E-state index contributed by atoms with van der Waals surface area (Å²) in [5.74, 6) is -0.630. The van der Waals surface area contributed by atoms with Crippen molar-refractivity contribution in [1.82, 2.24) is 10.6 Å². The van der Waals surface area contributed by atoms with Crippen molar-refractivity contribution in [2.75, 3.05) is 0 Å². The number of thioether (sulfide) groups is 1. The van der Waals surface area contributed by atoms with Crippen molar-refractivity contribution in [3.8, 4) is 0 Å². The SMILES string of the molecule is O=C1NC=C(SCc2cccc(Cl)c2F)NC1O. The quantitative estimate of drug-likeness (QED) is 0.790. The summed E-state index contributed by atoms with van der Waals surface area (Å²) in [5.41, 5.74) is 0.460. The van der Waals surface area contributed by atoms with Crippen LogP contribution in [0.3, 0.4) is 0 Å². The molecule has 0 saturated carbocycles. The van der Waals surface area contributed by atoms with Gasteiger partial charge in [-0.1, -0.05) is 23.7 Å². The standard InChI is InChI=1S/C11H10ClFN2O2S/c12-7-3-1-2-6(9(7)13)5-18-8-4-14-10(16)11(17)15-8/h1-4,11,15,17H,5H2,(H,14,16). The summed E-state index contributed by atoms with van der Waals surface area (Å²) in [5, 5.41) is 14.9. The van der Waals surface area contributed by atoms with E-state index < -0.39 is 18.0 Å². The average molecular weight is 289 g/mol. The molecule has 1 unspecified atom stereocenters. The normalized spacial score (nSPS) is 18.9. The highest BCUT2D eigenvalue weighted by Crippen LogP contribution is 2.25. The number of rotatable bonds is 3. The van der Waals surface area contributed by atoms with E-state index in [1.807, 2.05) is 0 Å². The Labute approximate surface area is 112 Å². The number of nitrogens with one attached hydrogen (secondary N) is 2. The summed E-state index contributed by atoms with van der Waals surface area (Å²) in [4.78, 5) is 11.0. The molecule has 1 aliphatic heterocycles. The monoisotopic (exact) mass is 288 g/mol. The van der Waals surface area contributed by atoms with Gasteiger partial charge in [-0.25, -0.2) is 4.39 Å². The molecule has 0 aliphatic carbocycles. The van der Waals surface area contributed by atoms with E-state index >= 15 is 0 Å². The van der Waals surface area contributed by atoms with Gasteiger partial charge in [-0.15, -0.1) is 11.8 Å². The highest BCUT2D eigenvalue weighted by molar-refractivity contribution is 8.02. The lowest BCUT2D eigenvalue weighted by molar-refractivity contribution is -0.130. The molecule has 0 radical (unpaired) electrons. The van der Waals surface area contributed by atoms with Crippen molar-refractivity contribution in [2.45, 2.75) is 12.0 Å². The fourth-order valence-electron chi connectivity index (χ4n) is 1.36. The second kappa shape index (κ2) is 5.60. The lowest BCUT2D eigenvalue weighted by Crippen LogP contribution is -2.45. The van der Waals surface area contributed by atoms with Crippen molar-refractivity contribution in [2.24, 2.45) is 0 Å². The third-order valence-corrected chi connectivity index (χ3v) is 3.58. The molecule has 0 fully saturated rings. The van der Waals surface area contributed by atoms with E-state index in [1.54, 1.807) is 12.1 Å². The van der Waals surface area contributed by atoms with Crippen LogP contribution in [0, 0.1) is 5.82 Å². The summed E-state index contributed by atoms with van der Waals surface area (Å²) in [6.07, 6.45) is 0.157. The lowest BCUT2D eigenvalue weighted by atomic mass is 10.2. The topological polar surface area (TPSA) is 61.4 Å². The predicted molar refractivity (Wildman–Crippen MR) is 68.1 cm³/mol. The maximum atomic E-state index is 13.6. The third-order valence-electron chi connectivity index (χ3n) is 2.29. The van der Waals surface area contributed by atoms with Gasteiger partial charge < -0.3 is 15.7 Å². The smallest absolute Gasteiger partial charge is 0.273 e. The summed E-state index contributed by atoms with van der Waals surface area (Å²) in [6, 6.07) is 4.78. The number of hydrogen-bond acceptors (Lipinski definition) is 4. The van der Waals surface area contributed by atoms with E-state index in [1.165, 1.54) is 24.0 Å². The minimum atomic E-state index is -1.28. The Kier molecular flexibility index (Phi) is 4.11. The first-order valence-corrected chi connectivity index (χ1v) is 6.45. The van der Waals surface area contributed by atoms with Crippen molar-refractivity contribution in [3.05, 3.63) is 45.8 Å². The predicted octanol–water partition coefficient (Wildman–Crippen LogP) is 1.55. The van der Waals surface area contributed by atoms with Crippen LogP contribution in [0.5, 0.6) is 0 Å². The molecule has 96 valence electrons. The molecule has 1 aromatic carbocycles.